The number of imidazole rings is 1. The van der Waals surface area contributed by atoms with Crippen LogP contribution in [0.4, 0.5) is 5.82 Å². The lowest BCUT2D eigenvalue weighted by molar-refractivity contribution is 0.199. The smallest absolute Gasteiger partial charge is 0.152 e. The number of ether oxygens (including phenoxy) is 1. The second-order valence-electron chi connectivity index (χ2n) is 4.65. The third kappa shape index (κ3) is 3.11. The molecule has 0 atom stereocenters. The van der Waals surface area contributed by atoms with Gasteiger partial charge >= 0.3 is 0 Å². The summed E-state index contributed by atoms with van der Waals surface area (Å²) in [7, 11) is 1.72. The Bertz CT molecular complexity index is 534. The second kappa shape index (κ2) is 7.26. The molecule has 2 aromatic rings. The van der Waals surface area contributed by atoms with Crippen molar-refractivity contribution in [2.24, 2.45) is 0 Å². The molecule has 0 fully saturated rings. The number of nitrogens with one attached hydrogen (secondary N) is 1. The van der Waals surface area contributed by atoms with Gasteiger partial charge < -0.3 is 19.4 Å². The first kappa shape index (κ1) is 14.8. The summed E-state index contributed by atoms with van der Waals surface area (Å²) in [6.45, 7) is 8.61. The van der Waals surface area contributed by atoms with Gasteiger partial charge in [0.1, 0.15) is 5.65 Å². The number of rotatable bonds is 8. The lowest BCUT2D eigenvalue weighted by Crippen LogP contribution is -2.26. The summed E-state index contributed by atoms with van der Waals surface area (Å²) in [6.07, 6.45) is 2.07. The molecular formula is C15H24N4O. The molecule has 0 aromatic carbocycles. The van der Waals surface area contributed by atoms with E-state index in [-0.39, 0.29) is 0 Å². The van der Waals surface area contributed by atoms with E-state index in [9.17, 15) is 0 Å². The number of fused-ring (bicyclic) bond motifs is 1. The Kier molecular flexibility index (Phi) is 5.38. The molecule has 0 aliphatic carbocycles. The number of pyridine rings is 1. The van der Waals surface area contributed by atoms with Crippen LogP contribution in [0.25, 0.3) is 5.65 Å². The van der Waals surface area contributed by atoms with Crippen LogP contribution in [0, 0.1) is 0 Å². The summed E-state index contributed by atoms with van der Waals surface area (Å²) >= 11 is 0. The van der Waals surface area contributed by atoms with Crippen LogP contribution in [0.5, 0.6) is 0 Å². The molecular weight excluding hydrogens is 252 g/mol. The van der Waals surface area contributed by atoms with Gasteiger partial charge in [0.25, 0.3) is 0 Å². The van der Waals surface area contributed by atoms with Crippen molar-refractivity contribution in [3.8, 4) is 0 Å². The fraction of sp³-hybridized carbons (Fsp3) is 0.533. The number of methoxy groups -OCH3 is 1. The van der Waals surface area contributed by atoms with E-state index in [4.69, 9.17) is 9.72 Å². The highest BCUT2D eigenvalue weighted by Gasteiger charge is 2.15. The van der Waals surface area contributed by atoms with Crippen LogP contribution in [0.2, 0.25) is 0 Å². The summed E-state index contributed by atoms with van der Waals surface area (Å²) in [5, 5.41) is 3.41. The van der Waals surface area contributed by atoms with E-state index in [1.807, 2.05) is 18.2 Å². The Labute approximate surface area is 120 Å². The van der Waals surface area contributed by atoms with E-state index in [0.29, 0.717) is 0 Å². The van der Waals surface area contributed by atoms with Crippen LogP contribution < -0.4 is 10.2 Å². The van der Waals surface area contributed by atoms with Gasteiger partial charge in [-0.15, -0.1) is 0 Å². The summed E-state index contributed by atoms with van der Waals surface area (Å²) in [4.78, 5) is 7.06. The average molecular weight is 276 g/mol. The molecule has 0 bridgehead atoms. The van der Waals surface area contributed by atoms with E-state index in [0.717, 1.165) is 44.3 Å². The molecule has 0 radical (unpaired) electrons. The number of hydrogen-bond acceptors (Lipinski definition) is 4. The van der Waals surface area contributed by atoms with Gasteiger partial charge in [-0.25, -0.2) is 4.98 Å². The van der Waals surface area contributed by atoms with E-state index >= 15 is 0 Å². The predicted octanol–water partition coefficient (Wildman–Crippen LogP) is 1.92. The highest BCUT2D eigenvalue weighted by Crippen LogP contribution is 2.21. The van der Waals surface area contributed by atoms with E-state index in [2.05, 4.69) is 34.7 Å². The van der Waals surface area contributed by atoms with Crippen molar-refractivity contribution in [2.75, 3.05) is 38.3 Å². The average Bonchev–Trinajstić information content (AvgIpc) is 2.84. The third-order valence-corrected chi connectivity index (χ3v) is 3.45. The molecule has 20 heavy (non-hydrogen) atoms. The first-order valence-electron chi connectivity index (χ1n) is 7.22. The van der Waals surface area contributed by atoms with Crippen LogP contribution in [0.3, 0.4) is 0 Å². The van der Waals surface area contributed by atoms with Crippen LogP contribution >= 0.6 is 0 Å². The maximum absolute atomic E-state index is 5.07. The van der Waals surface area contributed by atoms with Gasteiger partial charge in [0.05, 0.1) is 12.3 Å². The molecule has 0 spiro atoms. The molecule has 2 rings (SSSR count). The SMILES string of the molecule is CCN(CC)c1nc2ccccn2c1CNCCOC. The minimum Gasteiger partial charge on any atom is -0.383 e. The van der Waals surface area contributed by atoms with Gasteiger partial charge in [-0.3, -0.25) is 0 Å². The quantitative estimate of drug-likeness (QED) is 0.748. The summed E-state index contributed by atoms with van der Waals surface area (Å²) in [6, 6.07) is 6.11. The molecule has 0 aliphatic rings. The molecule has 110 valence electrons. The Morgan fingerprint density at radius 1 is 1.30 bits per heavy atom. The molecule has 0 saturated carbocycles. The highest BCUT2D eigenvalue weighted by molar-refractivity contribution is 5.55. The summed E-state index contributed by atoms with van der Waals surface area (Å²) in [5.41, 5.74) is 2.21. The minimum atomic E-state index is 0.720. The number of nitrogens with zero attached hydrogens (tertiary/aromatic N) is 3. The van der Waals surface area contributed by atoms with Crippen molar-refractivity contribution in [1.29, 1.82) is 0 Å². The normalized spacial score (nSPS) is 11.2. The molecule has 5 nitrogen and oxygen atoms in total. The lowest BCUT2D eigenvalue weighted by Gasteiger charge is -2.20. The first-order valence-corrected chi connectivity index (χ1v) is 7.22. The molecule has 0 amide bonds. The zero-order chi connectivity index (χ0) is 14.4. The predicted molar refractivity (Wildman–Crippen MR) is 82.3 cm³/mol. The van der Waals surface area contributed by atoms with Crippen molar-refractivity contribution in [3.05, 3.63) is 30.1 Å². The van der Waals surface area contributed by atoms with Crippen molar-refractivity contribution in [1.82, 2.24) is 14.7 Å². The standard InChI is InChI=1S/C15H24N4O/c1-4-18(5-2)15-13(12-16-9-11-20-3)19-10-7-6-8-14(19)17-15/h6-8,10,16H,4-5,9,11-12H2,1-3H3. The van der Waals surface area contributed by atoms with Gasteiger partial charge in [-0.1, -0.05) is 6.07 Å². The van der Waals surface area contributed by atoms with Crippen molar-refractivity contribution >= 4 is 11.5 Å². The zero-order valence-corrected chi connectivity index (χ0v) is 12.6. The number of anilines is 1. The number of aromatic nitrogens is 2. The van der Waals surface area contributed by atoms with Crippen LogP contribution in [-0.4, -0.2) is 42.7 Å². The summed E-state index contributed by atoms with van der Waals surface area (Å²) in [5.74, 6) is 1.08. The third-order valence-electron chi connectivity index (χ3n) is 3.45. The Morgan fingerprint density at radius 2 is 2.10 bits per heavy atom. The van der Waals surface area contributed by atoms with Gasteiger partial charge in [-0.05, 0) is 26.0 Å². The molecule has 5 heteroatoms. The monoisotopic (exact) mass is 276 g/mol. The maximum Gasteiger partial charge on any atom is 0.152 e. The van der Waals surface area contributed by atoms with Gasteiger partial charge in [-0.2, -0.15) is 0 Å². The highest BCUT2D eigenvalue weighted by atomic mass is 16.5. The molecule has 2 heterocycles. The fourth-order valence-corrected chi connectivity index (χ4v) is 2.36. The number of hydrogen-bond donors (Lipinski definition) is 1. The van der Waals surface area contributed by atoms with E-state index < -0.39 is 0 Å². The minimum absolute atomic E-state index is 0.720. The lowest BCUT2D eigenvalue weighted by atomic mass is 10.3. The van der Waals surface area contributed by atoms with Crippen molar-refractivity contribution < 1.29 is 4.74 Å². The summed E-state index contributed by atoms with van der Waals surface area (Å²) < 4.78 is 7.23. The van der Waals surface area contributed by atoms with Crippen molar-refractivity contribution in [3.63, 3.8) is 0 Å². The molecule has 2 aromatic heterocycles. The Hall–Kier alpha value is -1.59. The van der Waals surface area contributed by atoms with Gasteiger partial charge in [0.2, 0.25) is 0 Å². The van der Waals surface area contributed by atoms with E-state index in [1.54, 1.807) is 7.11 Å². The first-order chi connectivity index (χ1) is 9.81. The molecule has 0 aliphatic heterocycles. The largest absolute Gasteiger partial charge is 0.383 e. The topological polar surface area (TPSA) is 41.8 Å². The van der Waals surface area contributed by atoms with Crippen LogP contribution in [-0.2, 0) is 11.3 Å². The Morgan fingerprint density at radius 3 is 2.80 bits per heavy atom. The zero-order valence-electron chi connectivity index (χ0n) is 12.6. The van der Waals surface area contributed by atoms with Crippen LogP contribution in [0.1, 0.15) is 19.5 Å². The fourth-order valence-electron chi connectivity index (χ4n) is 2.36. The van der Waals surface area contributed by atoms with Gasteiger partial charge in [0, 0.05) is 39.5 Å². The molecule has 0 unspecified atom stereocenters. The van der Waals surface area contributed by atoms with Crippen molar-refractivity contribution in [2.45, 2.75) is 20.4 Å². The van der Waals surface area contributed by atoms with E-state index in [1.165, 1.54) is 5.69 Å². The molecule has 0 saturated heterocycles. The van der Waals surface area contributed by atoms with Gasteiger partial charge in [0.15, 0.2) is 5.82 Å². The maximum atomic E-state index is 5.07. The Balaban J connectivity index is 2.29. The molecule has 1 N–H and O–H groups in total. The van der Waals surface area contributed by atoms with Crippen LogP contribution in [0.15, 0.2) is 24.4 Å². The second-order valence-corrected chi connectivity index (χ2v) is 4.65.